The lowest BCUT2D eigenvalue weighted by molar-refractivity contribution is -0.118. The molecule has 0 spiro atoms. The van der Waals surface area contributed by atoms with Crippen LogP contribution in [0.5, 0.6) is 0 Å². The summed E-state index contributed by atoms with van der Waals surface area (Å²) in [6.07, 6.45) is -1.28. The molecule has 298 valence electrons. The molecule has 2 aromatic heterocycles. The second-order valence-corrected chi connectivity index (χ2v) is 26.4. The average Bonchev–Trinajstić information content (AvgIpc) is 3.61. The van der Waals surface area contributed by atoms with E-state index in [1.54, 1.807) is 18.4 Å². The number of nitrogens with one attached hydrogen (secondary N) is 2. The summed E-state index contributed by atoms with van der Waals surface area (Å²) in [6.45, 7) is 29.5. The third kappa shape index (κ3) is 8.98. The molecule has 0 saturated carbocycles. The largest absolute Gasteiger partial charge is 0.414 e. The summed E-state index contributed by atoms with van der Waals surface area (Å²) in [7, 11) is -7.80. The van der Waals surface area contributed by atoms with Crippen LogP contribution < -0.4 is 10.9 Å². The fourth-order valence-corrected chi connectivity index (χ4v) is 20.2. The molecule has 53 heavy (non-hydrogen) atoms. The summed E-state index contributed by atoms with van der Waals surface area (Å²) in [5.41, 5.74) is 0.148. The van der Waals surface area contributed by atoms with Crippen molar-refractivity contribution in [3.05, 3.63) is 16.7 Å². The Hall–Kier alpha value is -2.11. The van der Waals surface area contributed by atoms with Crippen LogP contribution in [-0.4, -0.2) is 90.8 Å². The molecule has 2 aliphatic heterocycles. The topological polar surface area (TPSA) is 175 Å². The van der Waals surface area contributed by atoms with Gasteiger partial charge in [-0.2, -0.15) is 10.2 Å². The van der Waals surface area contributed by atoms with Crippen molar-refractivity contribution in [2.45, 2.75) is 162 Å². The Morgan fingerprint density at radius 1 is 1.04 bits per heavy atom. The van der Waals surface area contributed by atoms with E-state index in [4.69, 9.17) is 26.8 Å². The van der Waals surface area contributed by atoms with Crippen molar-refractivity contribution in [3.63, 3.8) is 0 Å². The minimum atomic E-state index is -3.13. The molecule has 2 aliphatic rings. The third-order valence-electron chi connectivity index (χ3n) is 9.96. The van der Waals surface area contributed by atoms with Gasteiger partial charge in [-0.15, -0.1) is 0 Å². The molecule has 0 bridgehead atoms. The third-order valence-corrected chi connectivity index (χ3v) is 22.3. The monoisotopic (exact) mass is 795 g/mol. The van der Waals surface area contributed by atoms with E-state index in [1.165, 1.54) is 6.33 Å². The number of aromatic nitrogens is 4. The van der Waals surface area contributed by atoms with Crippen molar-refractivity contribution in [3.8, 4) is 6.07 Å². The molecule has 2 N–H and O–H groups in total. The first-order valence-corrected chi connectivity index (χ1v) is 24.1. The Morgan fingerprint density at radius 2 is 1.64 bits per heavy atom. The molecule has 2 saturated heterocycles. The molecule has 2 aromatic rings. The molecule has 15 nitrogen and oxygen atoms in total. The SMILES string of the molecule is CC(C)C(=O)Nc1nc2c(ncn2[C@@H]2O[C@@H]3CO[Si](C(C)C)(C(C)C)O[Si](C(C)C)(C(C)C)O[C@@H]3[C@H]2OP(OCCC#N)N(C(C)C)C(C)C)c(=O)[nH]1. The second kappa shape index (κ2) is 17.8. The van der Waals surface area contributed by atoms with Crippen LogP contribution in [0.4, 0.5) is 5.95 Å². The number of nitriles is 1. The smallest absolute Gasteiger partial charge is 0.335 e. The fraction of sp³-hybridized carbons (Fsp3) is 0.800. The zero-order valence-electron chi connectivity index (χ0n) is 34.0. The van der Waals surface area contributed by atoms with Gasteiger partial charge in [-0.25, -0.2) is 9.65 Å². The van der Waals surface area contributed by atoms with E-state index >= 15 is 0 Å². The minimum absolute atomic E-state index is 0.000911. The maximum atomic E-state index is 13.3. The van der Waals surface area contributed by atoms with E-state index in [-0.39, 0.29) is 82.8 Å². The van der Waals surface area contributed by atoms with Crippen LogP contribution in [0.3, 0.4) is 0 Å². The Labute approximate surface area is 318 Å². The summed E-state index contributed by atoms with van der Waals surface area (Å²) >= 11 is 0. The Bertz CT molecular complexity index is 1620. The van der Waals surface area contributed by atoms with Gasteiger partial charge in [0.15, 0.2) is 17.4 Å². The number of ether oxygens (including phenoxy) is 1. The predicted octanol–water partition coefficient (Wildman–Crippen LogP) is 7.23. The normalized spacial score (nSPS) is 23.8. The van der Waals surface area contributed by atoms with Gasteiger partial charge < -0.3 is 26.8 Å². The van der Waals surface area contributed by atoms with Gasteiger partial charge in [0.1, 0.15) is 18.3 Å². The summed E-state index contributed by atoms with van der Waals surface area (Å²) in [5.74, 6) is -0.632. The zero-order chi connectivity index (χ0) is 39.6. The first kappa shape index (κ1) is 43.6. The first-order chi connectivity index (χ1) is 24.8. The number of H-pyrrole nitrogens is 1. The van der Waals surface area contributed by atoms with E-state index in [0.717, 1.165) is 0 Å². The molecule has 1 unspecified atom stereocenters. The van der Waals surface area contributed by atoms with Gasteiger partial charge in [-0.3, -0.25) is 24.5 Å². The standard InChI is InChI=1S/C35H62N7O8PSi2/c1-20(2)32(43)39-35-38-31-28(33(44)40-35)37-19-41(31)34-30(48-51(45-17-15-16-36)42(21(3)4)22(5)6)29-27(47-34)18-46-52(23(7)8,24(9)10)50-53(49-29,25(11)12)26(13)14/h19-27,29-30,34H,15,17-18H2,1-14H3,(H2,38,39,40,43,44)/t27-,29+,30-,34-,51?/m1/s1. The molecule has 4 rings (SSSR count). The molecular formula is C35H62N7O8PSi2. The van der Waals surface area contributed by atoms with E-state index < -0.39 is 55.7 Å². The minimum Gasteiger partial charge on any atom is -0.414 e. The molecule has 0 aliphatic carbocycles. The molecule has 2 fully saturated rings. The van der Waals surface area contributed by atoms with Gasteiger partial charge in [0, 0.05) is 18.0 Å². The number of carbonyl (C=O) groups is 1. The summed E-state index contributed by atoms with van der Waals surface area (Å²) in [5, 5.41) is 12.1. The number of amides is 1. The van der Waals surface area contributed by atoms with Gasteiger partial charge in [-0.05, 0) is 49.9 Å². The van der Waals surface area contributed by atoms with Gasteiger partial charge in [-0.1, -0.05) is 69.2 Å². The van der Waals surface area contributed by atoms with Gasteiger partial charge >= 0.3 is 17.1 Å². The number of imidazole rings is 1. The molecular weight excluding hydrogens is 734 g/mol. The maximum absolute atomic E-state index is 13.3. The van der Waals surface area contributed by atoms with Crippen molar-refractivity contribution in [1.82, 2.24) is 24.2 Å². The van der Waals surface area contributed by atoms with Crippen molar-refractivity contribution in [1.29, 1.82) is 5.26 Å². The molecule has 4 heterocycles. The first-order valence-electron chi connectivity index (χ1n) is 19.0. The fourth-order valence-electron chi connectivity index (χ4n) is 7.29. The van der Waals surface area contributed by atoms with Crippen LogP contribution in [0.15, 0.2) is 11.1 Å². The second-order valence-electron chi connectivity index (χ2n) is 16.1. The highest BCUT2D eigenvalue weighted by Crippen LogP contribution is 2.54. The number of fused-ring (bicyclic) bond motifs is 2. The average molecular weight is 796 g/mol. The Kier molecular flexibility index (Phi) is 14.6. The van der Waals surface area contributed by atoms with Crippen LogP contribution in [-0.2, 0) is 31.5 Å². The number of rotatable bonds is 15. The number of aromatic amines is 1. The van der Waals surface area contributed by atoms with E-state index in [9.17, 15) is 14.9 Å². The van der Waals surface area contributed by atoms with Crippen LogP contribution in [0.25, 0.3) is 11.2 Å². The van der Waals surface area contributed by atoms with Crippen molar-refractivity contribution in [2.24, 2.45) is 5.92 Å². The maximum Gasteiger partial charge on any atom is 0.335 e. The number of hydrogen-bond acceptors (Lipinski definition) is 12. The van der Waals surface area contributed by atoms with Gasteiger partial charge in [0.25, 0.3) is 14.1 Å². The number of hydrogen-bond donors (Lipinski definition) is 2. The van der Waals surface area contributed by atoms with Crippen LogP contribution >= 0.6 is 8.53 Å². The summed E-state index contributed by atoms with van der Waals surface area (Å²) in [6, 6.07) is 2.25. The predicted molar refractivity (Wildman–Crippen MR) is 209 cm³/mol. The van der Waals surface area contributed by atoms with Crippen LogP contribution in [0.1, 0.15) is 110 Å². The molecule has 18 heteroatoms. The van der Waals surface area contributed by atoms with E-state index in [2.05, 4.69) is 114 Å². The number of nitrogens with zero attached hydrogens (tertiary/aromatic N) is 5. The van der Waals surface area contributed by atoms with E-state index in [1.807, 2.05) is 0 Å². The lowest BCUT2D eigenvalue weighted by Gasteiger charge is -2.51. The van der Waals surface area contributed by atoms with Crippen molar-refractivity contribution in [2.75, 3.05) is 18.5 Å². The lowest BCUT2D eigenvalue weighted by Crippen LogP contribution is -2.65. The lowest BCUT2D eigenvalue weighted by atomic mass is 10.1. The quantitative estimate of drug-likeness (QED) is 0.105. The Balaban J connectivity index is 1.95. The zero-order valence-corrected chi connectivity index (χ0v) is 36.9. The summed E-state index contributed by atoms with van der Waals surface area (Å²) in [4.78, 5) is 37.7. The van der Waals surface area contributed by atoms with Crippen LogP contribution in [0.2, 0.25) is 22.2 Å². The summed E-state index contributed by atoms with van der Waals surface area (Å²) < 4.78 is 46.4. The van der Waals surface area contributed by atoms with Gasteiger partial charge in [0.2, 0.25) is 11.9 Å². The Morgan fingerprint density at radius 3 is 2.17 bits per heavy atom. The van der Waals surface area contributed by atoms with Crippen molar-refractivity contribution >= 4 is 48.7 Å². The molecule has 5 atom stereocenters. The molecule has 1 amide bonds. The highest BCUT2D eigenvalue weighted by atomic mass is 31.2. The van der Waals surface area contributed by atoms with Crippen molar-refractivity contribution < 1.29 is 31.5 Å². The molecule has 0 radical (unpaired) electrons. The highest BCUT2D eigenvalue weighted by molar-refractivity contribution is 7.44. The van der Waals surface area contributed by atoms with E-state index in [0.29, 0.717) is 0 Å². The number of anilines is 1. The van der Waals surface area contributed by atoms with Crippen LogP contribution in [0, 0.1) is 17.2 Å². The van der Waals surface area contributed by atoms with Gasteiger partial charge in [0.05, 0.1) is 32.0 Å². The molecule has 0 aromatic carbocycles. The number of carbonyl (C=O) groups excluding carboxylic acids is 1. The highest BCUT2D eigenvalue weighted by Gasteiger charge is 2.62.